The van der Waals surface area contributed by atoms with E-state index in [9.17, 15) is 32.4 Å². The molecule has 1 aromatic heterocycles. The molecule has 2 aromatic carbocycles. The monoisotopic (exact) mass is 773 g/mol. The molecule has 16 heteroatoms. The molecular weight excluding hydrogens is 731 g/mol. The first-order valence-corrected chi connectivity index (χ1v) is 19.9. The first-order chi connectivity index (χ1) is 26.4. The second-order valence-corrected chi connectivity index (χ2v) is 16.4. The lowest BCUT2D eigenvalue weighted by molar-refractivity contribution is -0.147. The second-order valence-electron chi connectivity index (χ2n) is 14.4. The van der Waals surface area contributed by atoms with Crippen LogP contribution in [0.1, 0.15) is 51.4 Å². The Balaban J connectivity index is 1.24. The number of rotatable bonds is 9. The third-order valence-corrected chi connectivity index (χ3v) is 12.3. The molecule has 3 N–H and O–H groups in total. The third kappa shape index (κ3) is 8.14. The van der Waals surface area contributed by atoms with Crippen molar-refractivity contribution in [3.63, 3.8) is 0 Å². The van der Waals surface area contributed by atoms with Gasteiger partial charge in [-0.25, -0.2) is 13.4 Å². The Kier molecular flexibility index (Phi) is 10.5. The van der Waals surface area contributed by atoms with E-state index >= 15 is 0 Å². The number of nitrogens with one attached hydrogen (secondary N) is 3. The van der Waals surface area contributed by atoms with Gasteiger partial charge < -0.3 is 29.7 Å². The molecule has 3 fully saturated rings. The van der Waals surface area contributed by atoms with Gasteiger partial charge in [0.25, 0.3) is 5.91 Å². The molecule has 0 spiro atoms. The van der Waals surface area contributed by atoms with Crippen molar-refractivity contribution in [2.24, 2.45) is 5.92 Å². The number of nitrogens with zero attached hydrogens (tertiary/aromatic N) is 2. The highest BCUT2D eigenvalue weighted by Gasteiger charge is 2.62. The molecule has 0 unspecified atom stereocenters. The molecule has 2 aliphatic heterocycles. The van der Waals surface area contributed by atoms with Gasteiger partial charge in [-0.15, -0.1) is 0 Å². The summed E-state index contributed by atoms with van der Waals surface area (Å²) >= 11 is 0. The molecule has 3 aromatic rings. The molecule has 7 rings (SSSR count). The molecule has 2 aliphatic carbocycles. The molecule has 5 atom stereocenters. The van der Waals surface area contributed by atoms with Crippen LogP contribution in [0.4, 0.5) is 0 Å². The molecule has 1 saturated heterocycles. The number of carbonyl (C=O) groups is 5. The fourth-order valence-electron chi connectivity index (χ4n) is 7.24. The minimum atomic E-state index is -3.94. The van der Waals surface area contributed by atoms with E-state index in [0.29, 0.717) is 53.8 Å². The van der Waals surface area contributed by atoms with Gasteiger partial charge in [-0.1, -0.05) is 42.5 Å². The number of carbonyl (C=O) groups excluding carboxylic acids is 5. The summed E-state index contributed by atoms with van der Waals surface area (Å²) in [6.07, 6.45) is 4.15. The first kappa shape index (κ1) is 37.8. The van der Waals surface area contributed by atoms with Crippen LogP contribution in [0.3, 0.4) is 0 Å². The Morgan fingerprint density at radius 2 is 1.84 bits per heavy atom. The lowest BCUT2D eigenvalue weighted by atomic mass is 10.1. The van der Waals surface area contributed by atoms with E-state index in [1.54, 1.807) is 43.5 Å². The number of aromatic nitrogens is 1. The SMILES string of the molecule is COC(=O)C[C@@H]1NC(=O)CCC/C=C\[C@H]2C[C@@]2(C(=O)NS(=O)(=O)C2CC2)NC(=O)[C@@H]2C[C@@H](Oc3cc(-c4ccccc4)nc4cc(OC)ccc34)CN2C1=O. The largest absolute Gasteiger partial charge is 0.497 e. The van der Waals surface area contributed by atoms with Crippen LogP contribution in [0.25, 0.3) is 22.2 Å². The number of allylic oxidation sites excluding steroid dienone is 1. The smallest absolute Gasteiger partial charge is 0.308 e. The Bertz CT molecular complexity index is 2160. The van der Waals surface area contributed by atoms with E-state index in [1.165, 1.54) is 12.0 Å². The molecule has 290 valence electrons. The molecule has 15 nitrogen and oxygen atoms in total. The van der Waals surface area contributed by atoms with Crippen molar-refractivity contribution in [2.75, 3.05) is 20.8 Å². The minimum Gasteiger partial charge on any atom is -0.497 e. The molecule has 4 amide bonds. The van der Waals surface area contributed by atoms with Crippen molar-refractivity contribution in [3.8, 4) is 22.8 Å². The lowest BCUT2D eigenvalue weighted by Crippen LogP contribution is -2.58. The van der Waals surface area contributed by atoms with Gasteiger partial charge >= 0.3 is 5.97 Å². The standard InChI is InChI=1S/C39H43N5O10S/c1-52-25-13-16-28-30(17-25)40-29(23-9-5-3-6-10-23)19-33(28)54-26-18-32-36(47)42-39(38(49)43-55(50,51)27-14-15-27)21-24(39)11-7-4-8-12-34(45)41-31(20-35(46)53-2)37(48)44(32)22-26/h3,5-7,9-11,13,16-17,19,24,26-27,31-32H,4,8,12,14-15,18,20-22H2,1-2H3,(H,41,45)(H,42,47)(H,43,49)/b11-7-/t24-,26+,31-,32-,39+/m0/s1. The number of fused-ring (bicyclic) bond motifs is 3. The number of ether oxygens (including phenoxy) is 3. The maximum absolute atomic E-state index is 14.4. The van der Waals surface area contributed by atoms with Crippen molar-refractivity contribution >= 4 is 50.5 Å². The van der Waals surface area contributed by atoms with E-state index in [0.717, 1.165) is 5.56 Å². The second kappa shape index (κ2) is 15.3. The van der Waals surface area contributed by atoms with Gasteiger partial charge in [-0.3, -0.25) is 28.7 Å². The number of hydrogen-bond donors (Lipinski definition) is 3. The van der Waals surface area contributed by atoms with Crippen molar-refractivity contribution in [2.45, 2.75) is 80.3 Å². The van der Waals surface area contributed by atoms with E-state index in [1.807, 2.05) is 30.3 Å². The van der Waals surface area contributed by atoms with Gasteiger partial charge in [0.05, 0.1) is 43.6 Å². The van der Waals surface area contributed by atoms with Gasteiger partial charge in [-0.2, -0.15) is 0 Å². The van der Waals surface area contributed by atoms with Crippen LogP contribution >= 0.6 is 0 Å². The zero-order valence-corrected chi connectivity index (χ0v) is 31.3. The number of methoxy groups -OCH3 is 2. The van der Waals surface area contributed by atoms with Crippen LogP contribution in [0.15, 0.2) is 66.7 Å². The van der Waals surface area contributed by atoms with Gasteiger partial charge in [0, 0.05) is 41.8 Å². The van der Waals surface area contributed by atoms with Crippen LogP contribution in [-0.4, -0.2) is 97.6 Å². The highest BCUT2D eigenvalue weighted by atomic mass is 32.2. The fraction of sp³-hybridized carbons (Fsp3) is 0.436. The topological polar surface area (TPSA) is 199 Å². The summed E-state index contributed by atoms with van der Waals surface area (Å²) in [5.41, 5.74) is 0.446. The summed E-state index contributed by atoms with van der Waals surface area (Å²) < 4.78 is 44.8. The quantitative estimate of drug-likeness (QED) is 0.213. The summed E-state index contributed by atoms with van der Waals surface area (Å²) in [6.45, 7) is -0.121. The first-order valence-electron chi connectivity index (χ1n) is 18.3. The van der Waals surface area contributed by atoms with E-state index in [4.69, 9.17) is 19.2 Å². The van der Waals surface area contributed by atoms with Crippen molar-refractivity contribution in [1.82, 2.24) is 25.2 Å². The highest BCUT2D eigenvalue weighted by Crippen LogP contribution is 2.46. The maximum atomic E-state index is 14.4. The minimum absolute atomic E-state index is 0.0321. The van der Waals surface area contributed by atoms with Crippen molar-refractivity contribution < 1.29 is 46.6 Å². The highest BCUT2D eigenvalue weighted by molar-refractivity contribution is 7.91. The Morgan fingerprint density at radius 3 is 2.56 bits per heavy atom. The number of esters is 1. The molecule has 0 bridgehead atoms. The Morgan fingerprint density at radius 1 is 1.05 bits per heavy atom. The zero-order chi connectivity index (χ0) is 38.9. The average Bonchev–Trinajstić information content (AvgIpc) is 4.10. The predicted octanol–water partition coefficient (Wildman–Crippen LogP) is 2.53. The average molecular weight is 774 g/mol. The fourth-order valence-corrected chi connectivity index (χ4v) is 8.60. The lowest BCUT2D eigenvalue weighted by Gasteiger charge is -2.29. The number of benzene rings is 2. The predicted molar refractivity (Wildman–Crippen MR) is 199 cm³/mol. The van der Waals surface area contributed by atoms with E-state index < -0.39 is 80.9 Å². The number of sulfonamides is 1. The van der Waals surface area contributed by atoms with Crippen LogP contribution < -0.4 is 24.8 Å². The molecule has 0 radical (unpaired) electrons. The summed E-state index contributed by atoms with van der Waals surface area (Å²) in [7, 11) is -1.21. The summed E-state index contributed by atoms with van der Waals surface area (Å²) in [5, 5.41) is 5.47. The van der Waals surface area contributed by atoms with E-state index in [2.05, 4.69) is 15.4 Å². The number of hydrogen-bond acceptors (Lipinski definition) is 11. The van der Waals surface area contributed by atoms with Crippen molar-refractivity contribution in [1.29, 1.82) is 0 Å². The number of pyridine rings is 1. The van der Waals surface area contributed by atoms with Crippen LogP contribution in [0.5, 0.6) is 11.5 Å². The maximum Gasteiger partial charge on any atom is 0.308 e. The van der Waals surface area contributed by atoms with Gasteiger partial charge in [0.2, 0.25) is 27.7 Å². The van der Waals surface area contributed by atoms with Crippen LogP contribution in [-0.2, 0) is 38.7 Å². The molecule has 3 heterocycles. The molecule has 4 aliphatic rings. The summed E-state index contributed by atoms with van der Waals surface area (Å²) in [6, 6.07) is 14.0. The summed E-state index contributed by atoms with van der Waals surface area (Å²) in [5.74, 6) is -2.98. The van der Waals surface area contributed by atoms with Crippen LogP contribution in [0, 0.1) is 5.92 Å². The number of amides is 4. The van der Waals surface area contributed by atoms with Crippen molar-refractivity contribution in [3.05, 3.63) is 66.7 Å². The zero-order valence-electron chi connectivity index (χ0n) is 30.5. The Labute approximate surface area is 318 Å². The van der Waals surface area contributed by atoms with Crippen LogP contribution in [0.2, 0.25) is 0 Å². The van der Waals surface area contributed by atoms with Gasteiger partial charge in [0.1, 0.15) is 35.2 Å². The third-order valence-electron chi connectivity index (χ3n) is 10.5. The summed E-state index contributed by atoms with van der Waals surface area (Å²) in [4.78, 5) is 74.1. The molecule has 55 heavy (non-hydrogen) atoms. The molecule has 2 saturated carbocycles. The van der Waals surface area contributed by atoms with E-state index in [-0.39, 0.29) is 25.8 Å². The Hall–Kier alpha value is -5.51. The normalized spacial score (nSPS) is 26.3. The van der Waals surface area contributed by atoms with Gasteiger partial charge in [0.15, 0.2) is 0 Å². The molecular formula is C39H43N5O10S. The van der Waals surface area contributed by atoms with Gasteiger partial charge in [-0.05, 0) is 44.2 Å².